The van der Waals surface area contributed by atoms with Crippen molar-refractivity contribution in [3.8, 4) is 0 Å². The molecule has 3 nitrogen and oxygen atoms in total. The molecule has 1 heterocycles. The van der Waals surface area contributed by atoms with Crippen molar-refractivity contribution in [2.45, 2.75) is 38.1 Å². The van der Waals surface area contributed by atoms with Gasteiger partial charge in [-0.05, 0) is 37.5 Å². The van der Waals surface area contributed by atoms with E-state index in [1.807, 2.05) is 4.90 Å². The monoisotopic (exact) mass is 234 g/mol. The van der Waals surface area contributed by atoms with E-state index >= 15 is 0 Å². The smallest absolute Gasteiger partial charge is 0.223 e. The maximum absolute atomic E-state index is 11.8. The Kier molecular flexibility index (Phi) is 3.19. The maximum atomic E-state index is 11.8. The van der Waals surface area contributed by atoms with Crippen LogP contribution in [-0.4, -0.2) is 36.5 Å². The molecule has 0 aromatic heterocycles. The highest BCUT2D eigenvalue weighted by molar-refractivity contribution is 5.76. The van der Waals surface area contributed by atoms with E-state index < -0.39 is 0 Å². The first-order chi connectivity index (χ1) is 8.34. The molecule has 3 unspecified atom stereocenters. The van der Waals surface area contributed by atoms with Gasteiger partial charge in [0.2, 0.25) is 5.91 Å². The lowest BCUT2D eigenvalue weighted by Gasteiger charge is -2.40. The normalized spacial score (nSPS) is 34.8. The number of carbonyl (C=O) groups is 1. The zero-order chi connectivity index (χ0) is 11.7. The fourth-order valence-corrected chi connectivity index (χ4v) is 3.44. The van der Waals surface area contributed by atoms with Crippen LogP contribution in [0.25, 0.3) is 0 Å². The Balaban J connectivity index is 1.35. The van der Waals surface area contributed by atoms with Crippen molar-refractivity contribution in [3.05, 3.63) is 12.2 Å². The number of allylic oxidation sites excluding steroid dienone is 1. The van der Waals surface area contributed by atoms with Crippen LogP contribution < -0.4 is 5.32 Å². The molecular weight excluding hydrogens is 212 g/mol. The third-order valence-electron chi connectivity index (χ3n) is 4.57. The molecule has 3 heteroatoms. The highest BCUT2D eigenvalue weighted by atomic mass is 16.2. The summed E-state index contributed by atoms with van der Waals surface area (Å²) in [7, 11) is 0. The van der Waals surface area contributed by atoms with Crippen molar-refractivity contribution in [2.24, 2.45) is 11.8 Å². The fourth-order valence-electron chi connectivity index (χ4n) is 3.44. The van der Waals surface area contributed by atoms with Crippen LogP contribution in [0.2, 0.25) is 0 Å². The minimum absolute atomic E-state index is 0.341. The average Bonchev–Trinajstić information content (AvgIpc) is 2.93. The summed E-state index contributed by atoms with van der Waals surface area (Å²) >= 11 is 0. The first-order valence-electron chi connectivity index (χ1n) is 7.02. The van der Waals surface area contributed by atoms with E-state index in [1.54, 1.807) is 0 Å². The van der Waals surface area contributed by atoms with Crippen molar-refractivity contribution in [2.75, 3.05) is 19.6 Å². The summed E-state index contributed by atoms with van der Waals surface area (Å²) in [6.45, 7) is 2.82. The third kappa shape index (κ3) is 2.25. The van der Waals surface area contributed by atoms with Crippen LogP contribution in [0.1, 0.15) is 32.1 Å². The second kappa shape index (κ2) is 4.81. The zero-order valence-corrected chi connectivity index (χ0v) is 10.4. The van der Waals surface area contributed by atoms with Crippen molar-refractivity contribution < 1.29 is 4.79 Å². The Morgan fingerprint density at radius 1 is 1.35 bits per heavy atom. The first kappa shape index (κ1) is 11.3. The van der Waals surface area contributed by atoms with Crippen LogP contribution >= 0.6 is 0 Å². The van der Waals surface area contributed by atoms with Crippen molar-refractivity contribution in [3.63, 3.8) is 0 Å². The molecule has 0 spiro atoms. The summed E-state index contributed by atoms with van der Waals surface area (Å²) in [5.41, 5.74) is 0. The van der Waals surface area contributed by atoms with E-state index in [4.69, 9.17) is 0 Å². The highest BCUT2D eigenvalue weighted by Gasteiger charge is 2.40. The van der Waals surface area contributed by atoms with Gasteiger partial charge in [-0.3, -0.25) is 4.79 Å². The molecule has 3 aliphatic rings. The van der Waals surface area contributed by atoms with E-state index in [0.717, 1.165) is 31.5 Å². The number of hydrogen-bond donors (Lipinski definition) is 1. The highest BCUT2D eigenvalue weighted by Crippen LogP contribution is 2.42. The Bertz CT molecular complexity index is 320. The van der Waals surface area contributed by atoms with Gasteiger partial charge >= 0.3 is 0 Å². The molecule has 1 aliphatic heterocycles. The summed E-state index contributed by atoms with van der Waals surface area (Å²) in [6, 6.07) is 0.644. The predicted molar refractivity (Wildman–Crippen MR) is 67.6 cm³/mol. The number of hydrogen-bond acceptors (Lipinski definition) is 2. The van der Waals surface area contributed by atoms with Crippen LogP contribution in [-0.2, 0) is 4.79 Å². The molecule has 0 radical (unpaired) electrons. The molecule has 17 heavy (non-hydrogen) atoms. The number of nitrogens with zero attached hydrogens (tertiary/aromatic N) is 1. The van der Waals surface area contributed by atoms with Gasteiger partial charge in [-0.1, -0.05) is 12.2 Å². The van der Waals surface area contributed by atoms with Gasteiger partial charge in [-0.2, -0.15) is 0 Å². The van der Waals surface area contributed by atoms with Gasteiger partial charge in [0.05, 0.1) is 0 Å². The van der Waals surface area contributed by atoms with E-state index in [9.17, 15) is 4.79 Å². The summed E-state index contributed by atoms with van der Waals surface area (Å²) in [5.74, 6) is 2.01. The topological polar surface area (TPSA) is 32.3 Å². The first-order valence-corrected chi connectivity index (χ1v) is 7.02. The van der Waals surface area contributed by atoms with Gasteiger partial charge in [0.1, 0.15) is 0 Å². The van der Waals surface area contributed by atoms with E-state index in [-0.39, 0.29) is 0 Å². The second-order valence-corrected chi connectivity index (χ2v) is 5.64. The molecule has 0 aromatic carbocycles. The van der Waals surface area contributed by atoms with E-state index in [1.165, 1.54) is 25.7 Å². The summed E-state index contributed by atoms with van der Waals surface area (Å²) < 4.78 is 0. The number of fused-ring (bicyclic) bond motifs is 1. The minimum atomic E-state index is 0.341. The Hall–Kier alpha value is -0.830. The van der Waals surface area contributed by atoms with Crippen molar-refractivity contribution in [1.82, 2.24) is 10.2 Å². The maximum Gasteiger partial charge on any atom is 0.223 e. The number of likely N-dealkylation sites (tertiary alicyclic amines) is 1. The van der Waals surface area contributed by atoms with Gasteiger partial charge in [-0.25, -0.2) is 0 Å². The van der Waals surface area contributed by atoms with Crippen LogP contribution in [0.4, 0.5) is 0 Å². The molecule has 2 fully saturated rings. The Labute approximate surface area is 103 Å². The summed E-state index contributed by atoms with van der Waals surface area (Å²) in [6.07, 6.45) is 10.3. The SMILES string of the molecule is O=C(CCNC1CC2CC=CC21)N1CCCC1. The number of rotatable bonds is 4. The largest absolute Gasteiger partial charge is 0.343 e. The van der Waals surface area contributed by atoms with Crippen LogP contribution in [0.5, 0.6) is 0 Å². The van der Waals surface area contributed by atoms with Gasteiger partial charge in [0.25, 0.3) is 0 Å². The van der Waals surface area contributed by atoms with Crippen molar-refractivity contribution >= 4 is 5.91 Å². The molecule has 1 saturated heterocycles. The van der Waals surface area contributed by atoms with Crippen LogP contribution in [0, 0.1) is 11.8 Å². The predicted octanol–water partition coefficient (Wildman–Crippen LogP) is 1.55. The number of carbonyl (C=O) groups excluding carboxylic acids is 1. The van der Waals surface area contributed by atoms with Gasteiger partial charge in [0, 0.05) is 32.1 Å². The van der Waals surface area contributed by atoms with Gasteiger partial charge in [-0.15, -0.1) is 0 Å². The summed E-state index contributed by atoms with van der Waals surface area (Å²) in [5, 5.41) is 3.55. The molecule has 3 rings (SSSR count). The lowest BCUT2D eigenvalue weighted by atomic mass is 9.71. The fraction of sp³-hybridized carbons (Fsp3) is 0.786. The lowest BCUT2D eigenvalue weighted by Crippen LogP contribution is -2.48. The lowest BCUT2D eigenvalue weighted by molar-refractivity contribution is -0.130. The molecule has 2 aliphatic carbocycles. The molecule has 0 bridgehead atoms. The van der Waals surface area contributed by atoms with Crippen LogP contribution in [0.3, 0.4) is 0 Å². The van der Waals surface area contributed by atoms with Crippen molar-refractivity contribution in [1.29, 1.82) is 0 Å². The second-order valence-electron chi connectivity index (χ2n) is 5.64. The quantitative estimate of drug-likeness (QED) is 0.749. The molecular formula is C14H22N2O. The molecule has 1 N–H and O–H groups in total. The Morgan fingerprint density at radius 2 is 2.18 bits per heavy atom. The van der Waals surface area contributed by atoms with Crippen LogP contribution in [0.15, 0.2) is 12.2 Å². The van der Waals surface area contributed by atoms with E-state index in [2.05, 4.69) is 17.5 Å². The summed E-state index contributed by atoms with van der Waals surface area (Å²) in [4.78, 5) is 13.8. The third-order valence-corrected chi connectivity index (χ3v) is 4.57. The van der Waals surface area contributed by atoms with Gasteiger partial charge in [0.15, 0.2) is 0 Å². The molecule has 94 valence electrons. The number of nitrogens with one attached hydrogen (secondary N) is 1. The average molecular weight is 234 g/mol. The minimum Gasteiger partial charge on any atom is -0.343 e. The molecule has 3 atom stereocenters. The Morgan fingerprint density at radius 3 is 2.94 bits per heavy atom. The number of amides is 1. The molecule has 1 saturated carbocycles. The zero-order valence-electron chi connectivity index (χ0n) is 10.4. The van der Waals surface area contributed by atoms with Gasteiger partial charge < -0.3 is 10.2 Å². The molecule has 0 aromatic rings. The van der Waals surface area contributed by atoms with E-state index in [0.29, 0.717) is 18.4 Å². The molecule has 1 amide bonds. The standard InChI is InChI=1S/C14H22N2O/c17-14(16-8-1-2-9-16)6-7-15-13-10-11-4-3-5-12(11)13/h3,5,11-13,15H,1-2,4,6-10H2.